The number of esters is 1. The molecule has 2 heterocycles. The molecule has 4 nitrogen and oxygen atoms in total. The Bertz CT molecular complexity index is 882. The van der Waals surface area contributed by atoms with Crippen LogP contribution in [0, 0.1) is 0 Å². The lowest BCUT2D eigenvalue weighted by Crippen LogP contribution is -2.34. The summed E-state index contributed by atoms with van der Waals surface area (Å²) < 4.78 is 11.1. The van der Waals surface area contributed by atoms with Crippen LogP contribution >= 0.6 is 0 Å². The minimum atomic E-state index is -1.67. The molecule has 2 aromatic carbocycles. The van der Waals surface area contributed by atoms with Gasteiger partial charge < -0.3 is 9.47 Å². The van der Waals surface area contributed by atoms with Crippen molar-refractivity contribution in [3.8, 4) is 0 Å². The fraction of sp³-hybridized carbons (Fsp3) is 0.238. The van der Waals surface area contributed by atoms with Gasteiger partial charge in [0.1, 0.15) is 6.26 Å². The van der Waals surface area contributed by atoms with Crippen LogP contribution in [0.1, 0.15) is 46.8 Å². The van der Waals surface area contributed by atoms with Gasteiger partial charge in [-0.05, 0) is 36.1 Å². The number of carbonyl (C=O) groups is 2. The molecule has 0 radical (unpaired) electrons. The number of benzene rings is 2. The van der Waals surface area contributed by atoms with Crippen molar-refractivity contribution in [3.05, 3.63) is 77.0 Å². The third-order valence-corrected chi connectivity index (χ3v) is 4.68. The van der Waals surface area contributed by atoms with Gasteiger partial charge in [-0.3, -0.25) is 4.79 Å². The summed E-state index contributed by atoms with van der Waals surface area (Å²) in [6.07, 6.45) is 4.42. The van der Waals surface area contributed by atoms with Crippen LogP contribution in [0.3, 0.4) is 0 Å². The molecule has 4 heteroatoms. The highest BCUT2D eigenvalue weighted by molar-refractivity contribution is 6.27. The maximum atomic E-state index is 13.0. The molecule has 0 saturated carbocycles. The maximum Gasteiger partial charge on any atom is 0.347 e. The lowest BCUT2D eigenvalue weighted by Gasteiger charge is -2.21. The van der Waals surface area contributed by atoms with Gasteiger partial charge in [-0.15, -0.1) is 0 Å². The van der Waals surface area contributed by atoms with E-state index in [-0.39, 0.29) is 5.78 Å². The lowest BCUT2D eigenvalue weighted by molar-refractivity contribution is -0.173. The van der Waals surface area contributed by atoms with Crippen LogP contribution < -0.4 is 0 Å². The third kappa shape index (κ3) is 2.37. The SMILES string of the molecule is CCCCc1ccc2c(c1)C(=O)OC21OC=C(c2ccccc2)C1=O. The molecular formula is C21H18O4. The van der Waals surface area contributed by atoms with E-state index in [0.29, 0.717) is 16.7 Å². The Kier molecular flexibility index (Phi) is 3.68. The summed E-state index contributed by atoms with van der Waals surface area (Å²) in [6, 6.07) is 14.8. The topological polar surface area (TPSA) is 52.6 Å². The largest absolute Gasteiger partial charge is 0.449 e. The zero-order chi connectivity index (χ0) is 17.4. The van der Waals surface area contributed by atoms with Crippen LogP contribution in [-0.4, -0.2) is 11.8 Å². The van der Waals surface area contributed by atoms with Crippen molar-refractivity contribution in [3.63, 3.8) is 0 Å². The average molecular weight is 334 g/mol. The van der Waals surface area contributed by atoms with Crippen LogP contribution in [0.25, 0.3) is 5.57 Å². The Morgan fingerprint density at radius 2 is 1.84 bits per heavy atom. The van der Waals surface area contributed by atoms with Crippen LogP contribution in [0.4, 0.5) is 0 Å². The van der Waals surface area contributed by atoms with E-state index in [4.69, 9.17) is 9.47 Å². The number of unbranched alkanes of at least 4 members (excludes halogenated alkanes) is 1. The summed E-state index contributed by atoms with van der Waals surface area (Å²) in [4.78, 5) is 25.4. The Hall–Kier alpha value is -2.88. The normalized spacial score (nSPS) is 21.1. The number of ether oxygens (including phenoxy) is 2. The second-order valence-electron chi connectivity index (χ2n) is 6.33. The van der Waals surface area contributed by atoms with Crippen molar-refractivity contribution >= 4 is 17.3 Å². The second-order valence-corrected chi connectivity index (χ2v) is 6.33. The summed E-state index contributed by atoms with van der Waals surface area (Å²) in [6.45, 7) is 2.12. The fourth-order valence-electron chi connectivity index (χ4n) is 3.32. The average Bonchev–Trinajstić information content (AvgIpc) is 3.12. The molecule has 0 aliphatic carbocycles. The number of Topliss-reactive ketones (excluding diaryl/α,β-unsaturated/α-hetero) is 1. The summed E-state index contributed by atoms with van der Waals surface area (Å²) in [5, 5.41) is 0. The molecular weight excluding hydrogens is 316 g/mol. The van der Waals surface area contributed by atoms with Gasteiger partial charge in [0.15, 0.2) is 0 Å². The van der Waals surface area contributed by atoms with Gasteiger partial charge in [0.25, 0.3) is 5.78 Å². The number of hydrogen-bond donors (Lipinski definition) is 0. The van der Waals surface area contributed by atoms with Gasteiger partial charge in [-0.25, -0.2) is 4.79 Å². The van der Waals surface area contributed by atoms with Gasteiger partial charge in [0, 0.05) is 0 Å². The molecule has 126 valence electrons. The van der Waals surface area contributed by atoms with Gasteiger partial charge in [0.05, 0.1) is 16.7 Å². The van der Waals surface area contributed by atoms with Crippen molar-refractivity contribution in [2.24, 2.45) is 0 Å². The van der Waals surface area contributed by atoms with E-state index in [1.165, 1.54) is 6.26 Å². The van der Waals surface area contributed by atoms with E-state index in [1.807, 2.05) is 42.5 Å². The van der Waals surface area contributed by atoms with Gasteiger partial charge in [-0.2, -0.15) is 0 Å². The molecule has 0 fully saturated rings. The number of hydrogen-bond acceptors (Lipinski definition) is 4. The molecule has 1 unspecified atom stereocenters. The van der Waals surface area contributed by atoms with E-state index < -0.39 is 11.8 Å². The molecule has 0 aromatic heterocycles. The predicted octanol–water partition coefficient (Wildman–Crippen LogP) is 3.99. The molecule has 2 aliphatic heterocycles. The minimum Gasteiger partial charge on any atom is -0.449 e. The van der Waals surface area contributed by atoms with Gasteiger partial charge in [-0.1, -0.05) is 49.7 Å². The molecule has 1 atom stereocenters. The molecule has 1 spiro atoms. The number of aryl methyl sites for hydroxylation is 1. The summed E-state index contributed by atoms with van der Waals surface area (Å²) in [5.74, 6) is -2.52. The molecule has 25 heavy (non-hydrogen) atoms. The van der Waals surface area contributed by atoms with E-state index in [1.54, 1.807) is 6.07 Å². The fourth-order valence-corrected chi connectivity index (χ4v) is 3.32. The molecule has 0 bridgehead atoms. The highest BCUT2D eigenvalue weighted by Gasteiger charge is 2.57. The highest BCUT2D eigenvalue weighted by Crippen LogP contribution is 2.46. The van der Waals surface area contributed by atoms with Crippen molar-refractivity contribution in [2.75, 3.05) is 0 Å². The standard InChI is InChI=1S/C21H18O4/c1-2-3-7-14-10-11-18-16(12-14)20(23)25-21(18)19(22)17(13-24-21)15-8-5-4-6-9-15/h4-6,8-13H,2-3,7H2,1H3. The molecule has 2 aliphatic rings. The summed E-state index contributed by atoms with van der Waals surface area (Å²) >= 11 is 0. The van der Waals surface area contributed by atoms with Crippen LogP contribution in [0.5, 0.6) is 0 Å². The Morgan fingerprint density at radius 1 is 1.04 bits per heavy atom. The van der Waals surface area contributed by atoms with Crippen LogP contribution in [0.15, 0.2) is 54.8 Å². The van der Waals surface area contributed by atoms with Crippen molar-refractivity contribution < 1.29 is 19.1 Å². The zero-order valence-electron chi connectivity index (χ0n) is 14.0. The summed E-state index contributed by atoms with van der Waals surface area (Å²) in [7, 11) is 0. The molecule has 0 amide bonds. The predicted molar refractivity (Wildman–Crippen MR) is 92.7 cm³/mol. The monoisotopic (exact) mass is 334 g/mol. The number of carbonyl (C=O) groups excluding carboxylic acids is 2. The smallest absolute Gasteiger partial charge is 0.347 e. The van der Waals surface area contributed by atoms with E-state index in [9.17, 15) is 9.59 Å². The van der Waals surface area contributed by atoms with Crippen molar-refractivity contribution in [2.45, 2.75) is 32.0 Å². The first-order valence-corrected chi connectivity index (χ1v) is 8.50. The molecule has 2 aromatic rings. The summed E-state index contributed by atoms with van der Waals surface area (Å²) in [5.41, 5.74) is 3.13. The minimum absolute atomic E-state index is 0.341. The number of ketones is 1. The molecule has 0 N–H and O–H groups in total. The quantitative estimate of drug-likeness (QED) is 0.793. The maximum absolute atomic E-state index is 13.0. The second kappa shape index (κ2) is 5.88. The van der Waals surface area contributed by atoms with E-state index in [2.05, 4.69) is 6.92 Å². The van der Waals surface area contributed by atoms with Crippen molar-refractivity contribution in [1.82, 2.24) is 0 Å². The first kappa shape index (κ1) is 15.6. The zero-order valence-corrected chi connectivity index (χ0v) is 14.0. The molecule has 0 saturated heterocycles. The number of fused-ring (bicyclic) bond motifs is 2. The van der Waals surface area contributed by atoms with Gasteiger partial charge in [0.2, 0.25) is 0 Å². The Balaban J connectivity index is 1.70. The van der Waals surface area contributed by atoms with Crippen molar-refractivity contribution in [1.29, 1.82) is 0 Å². The van der Waals surface area contributed by atoms with E-state index in [0.717, 1.165) is 30.4 Å². The van der Waals surface area contributed by atoms with Gasteiger partial charge >= 0.3 is 11.8 Å². The number of rotatable bonds is 4. The molecule has 4 rings (SSSR count). The third-order valence-electron chi connectivity index (χ3n) is 4.68. The first-order valence-electron chi connectivity index (χ1n) is 8.50. The Morgan fingerprint density at radius 3 is 2.60 bits per heavy atom. The van der Waals surface area contributed by atoms with E-state index >= 15 is 0 Å². The first-order chi connectivity index (χ1) is 12.2. The van der Waals surface area contributed by atoms with Crippen LogP contribution in [0.2, 0.25) is 0 Å². The Labute approximate surface area is 146 Å². The van der Waals surface area contributed by atoms with Crippen LogP contribution in [-0.2, 0) is 26.5 Å². The highest BCUT2D eigenvalue weighted by atomic mass is 16.7. The lowest BCUT2D eigenvalue weighted by atomic mass is 9.92.